The Kier molecular flexibility index (Phi) is 12.0. The maximum Gasteiger partial charge on any atom is 0.249 e. The van der Waals surface area contributed by atoms with Gasteiger partial charge in [0.25, 0.3) is 0 Å². The second-order valence-corrected chi connectivity index (χ2v) is 8.56. The summed E-state index contributed by atoms with van der Waals surface area (Å²) in [6.07, 6.45) is 3.72. The van der Waals surface area contributed by atoms with Crippen LogP contribution >= 0.6 is 0 Å². The number of nitrogens with zero attached hydrogens (tertiary/aromatic N) is 3. The molecule has 1 rings (SSSR count). The van der Waals surface area contributed by atoms with E-state index in [0.29, 0.717) is 31.5 Å². The summed E-state index contributed by atoms with van der Waals surface area (Å²) in [6, 6.07) is -0.764. The lowest BCUT2D eigenvalue weighted by atomic mass is 9.99. The Morgan fingerprint density at radius 1 is 1.19 bits per heavy atom. The number of likely N-dealkylation sites (N-methyl/N-ethyl adjacent to an activating group) is 2. The van der Waals surface area contributed by atoms with E-state index in [1.54, 1.807) is 29.8 Å². The molecule has 0 aromatic carbocycles. The fraction of sp³-hybridized carbons (Fsp3) is 0.739. The van der Waals surface area contributed by atoms with E-state index in [1.807, 2.05) is 13.8 Å². The molecule has 0 spiro atoms. The van der Waals surface area contributed by atoms with Crippen LogP contribution in [0.2, 0.25) is 0 Å². The van der Waals surface area contributed by atoms with Crippen LogP contribution in [0.5, 0.6) is 0 Å². The Balaban J connectivity index is 2.83. The van der Waals surface area contributed by atoms with Crippen LogP contribution in [0.25, 0.3) is 0 Å². The normalized spacial score (nSPS) is 17.4. The number of hydrogen-bond donors (Lipinski definition) is 2. The van der Waals surface area contributed by atoms with Gasteiger partial charge in [-0.3, -0.25) is 19.2 Å². The number of carbonyl (C=O) groups is 4. The van der Waals surface area contributed by atoms with Gasteiger partial charge in [-0.25, -0.2) is 0 Å². The third-order valence-corrected chi connectivity index (χ3v) is 6.06. The van der Waals surface area contributed by atoms with Gasteiger partial charge in [-0.2, -0.15) is 0 Å². The second kappa shape index (κ2) is 13.9. The Morgan fingerprint density at radius 2 is 1.84 bits per heavy atom. The van der Waals surface area contributed by atoms with Crippen molar-refractivity contribution in [3.8, 4) is 0 Å². The highest BCUT2D eigenvalue weighted by atomic mass is 16.2. The first-order valence-corrected chi connectivity index (χ1v) is 11.6. The fourth-order valence-electron chi connectivity index (χ4n) is 4.00. The third-order valence-electron chi connectivity index (χ3n) is 6.06. The van der Waals surface area contributed by atoms with Crippen molar-refractivity contribution in [1.29, 1.82) is 0 Å². The number of amides is 4. The molecule has 4 amide bonds. The third kappa shape index (κ3) is 7.93. The number of nitrogens with one attached hydrogen (secondary N) is 2. The van der Waals surface area contributed by atoms with Crippen molar-refractivity contribution in [2.24, 2.45) is 5.92 Å². The van der Waals surface area contributed by atoms with Gasteiger partial charge in [0.05, 0.1) is 12.6 Å². The smallest absolute Gasteiger partial charge is 0.249 e. The molecule has 0 aromatic rings. The molecular formula is C23H41N5O4. The number of rotatable bonds is 13. The summed E-state index contributed by atoms with van der Waals surface area (Å²) in [7, 11) is 1.66. The first-order valence-electron chi connectivity index (χ1n) is 11.6. The monoisotopic (exact) mass is 451 g/mol. The van der Waals surface area contributed by atoms with Gasteiger partial charge in [0, 0.05) is 32.3 Å². The average molecular weight is 452 g/mol. The van der Waals surface area contributed by atoms with Crippen molar-refractivity contribution >= 4 is 24.1 Å². The minimum atomic E-state index is -0.462. The molecule has 9 nitrogen and oxygen atoms in total. The van der Waals surface area contributed by atoms with Crippen LogP contribution in [0.3, 0.4) is 0 Å². The quantitative estimate of drug-likeness (QED) is 0.316. The molecule has 32 heavy (non-hydrogen) atoms. The molecule has 0 aromatic heterocycles. The zero-order valence-corrected chi connectivity index (χ0v) is 20.5. The Hall–Kier alpha value is -2.42. The van der Waals surface area contributed by atoms with Crippen LogP contribution < -0.4 is 10.6 Å². The van der Waals surface area contributed by atoms with Crippen LogP contribution in [0.1, 0.15) is 47.5 Å². The fourth-order valence-corrected chi connectivity index (χ4v) is 4.00. The molecule has 0 radical (unpaired) electrons. The van der Waals surface area contributed by atoms with E-state index in [2.05, 4.69) is 29.4 Å². The predicted octanol–water partition coefficient (Wildman–Crippen LogP) is 0.611. The van der Waals surface area contributed by atoms with Crippen LogP contribution in [-0.2, 0) is 19.2 Å². The average Bonchev–Trinajstić information content (AvgIpc) is 3.27. The van der Waals surface area contributed by atoms with Gasteiger partial charge < -0.3 is 25.3 Å². The minimum absolute atomic E-state index is 0.0701. The van der Waals surface area contributed by atoms with E-state index in [-0.39, 0.29) is 36.2 Å². The molecule has 0 bridgehead atoms. The van der Waals surface area contributed by atoms with Crippen molar-refractivity contribution in [3.63, 3.8) is 0 Å². The molecule has 1 fully saturated rings. The molecule has 0 saturated carbocycles. The highest BCUT2D eigenvalue weighted by molar-refractivity contribution is 5.97. The summed E-state index contributed by atoms with van der Waals surface area (Å²) in [6.45, 7) is 13.5. The molecule has 1 aliphatic heterocycles. The van der Waals surface area contributed by atoms with E-state index >= 15 is 0 Å². The van der Waals surface area contributed by atoms with E-state index in [9.17, 15) is 19.2 Å². The summed E-state index contributed by atoms with van der Waals surface area (Å²) in [5.41, 5.74) is 0.509. The van der Waals surface area contributed by atoms with Crippen LogP contribution in [-0.4, -0.2) is 97.2 Å². The van der Waals surface area contributed by atoms with Gasteiger partial charge in [0.1, 0.15) is 6.04 Å². The molecule has 2 atom stereocenters. The molecule has 1 aliphatic rings. The standard InChI is InChI=1S/C23H41N5O4/c1-7-27(8-2)13-11-25-22(31)19-10-9-12-28(19)23(32)18(5)14-20(17(3)4)26(6)21(30)15-24-16-29/h14,16-17,19-20H,7-13,15H2,1-6H3,(H,24,29)(H,25,31)/b18-14+/t19-,20?/m0/s1. The molecule has 1 heterocycles. The largest absolute Gasteiger partial charge is 0.353 e. The summed E-state index contributed by atoms with van der Waals surface area (Å²) >= 11 is 0. The number of likely N-dealkylation sites (tertiary alicyclic amines) is 1. The first kappa shape index (κ1) is 27.6. The van der Waals surface area contributed by atoms with Gasteiger partial charge in [-0.1, -0.05) is 33.8 Å². The topological polar surface area (TPSA) is 102 Å². The zero-order chi connectivity index (χ0) is 24.3. The minimum Gasteiger partial charge on any atom is -0.353 e. The van der Waals surface area contributed by atoms with Crippen molar-refractivity contribution in [1.82, 2.24) is 25.3 Å². The van der Waals surface area contributed by atoms with Gasteiger partial charge >= 0.3 is 0 Å². The second-order valence-electron chi connectivity index (χ2n) is 8.56. The number of carbonyl (C=O) groups excluding carboxylic acids is 4. The SMILES string of the molecule is CCN(CC)CCNC(=O)[C@@H]1CCCN1C(=O)/C(C)=C/C(C(C)C)N(C)C(=O)CNC=O. The molecule has 9 heteroatoms. The summed E-state index contributed by atoms with van der Waals surface area (Å²) in [5.74, 6) is -0.452. The van der Waals surface area contributed by atoms with Crippen molar-refractivity contribution in [2.45, 2.75) is 59.5 Å². The first-order chi connectivity index (χ1) is 15.2. The maximum atomic E-state index is 13.2. The molecule has 2 N–H and O–H groups in total. The predicted molar refractivity (Wildman–Crippen MR) is 125 cm³/mol. The summed E-state index contributed by atoms with van der Waals surface area (Å²) < 4.78 is 0. The van der Waals surface area contributed by atoms with Crippen LogP contribution in [0, 0.1) is 5.92 Å². The highest BCUT2D eigenvalue weighted by Gasteiger charge is 2.34. The lowest BCUT2D eigenvalue weighted by molar-refractivity contribution is -0.135. The Labute approximate surface area is 192 Å². The van der Waals surface area contributed by atoms with Gasteiger partial charge in [-0.05, 0) is 38.8 Å². The molecule has 182 valence electrons. The summed E-state index contributed by atoms with van der Waals surface area (Å²) in [4.78, 5) is 54.1. The van der Waals surface area contributed by atoms with Gasteiger partial charge in [0.15, 0.2) is 0 Å². The molecule has 1 saturated heterocycles. The van der Waals surface area contributed by atoms with E-state index in [4.69, 9.17) is 0 Å². The Bertz CT molecular complexity index is 675. The van der Waals surface area contributed by atoms with Gasteiger partial charge in [-0.15, -0.1) is 0 Å². The zero-order valence-electron chi connectivity index (χ0n) is 20.5. The van der Waals surface area contributed by atoms with E-state index in [0.717, 1.165) is 26.1 Å². The van der Waals surface area contributed by atoms with Crippen molar-refractivity contribution < 1.29 is 19.2 Å². The van der Waals surface area contributed by atoms with Gasteiger partial charge in [0.2, 0.25) is 24.1 Å². The van der Waals surface area contributed by atoms with Crippen molar-refractivity contribution in [2.75, 3.05) is 46.3 Å². The van der Waals surface area contributed by atoms with E-state index < -0.39 is 6.04 Å². The Morgan fingerprint density at radius 3 is 2.41 bits per heavy atom. The van der Waals surface area contributed by atoms with Crippen LogP contribution in [0.4, 0.5) is 0 Å². The molecular weight excluding hydrogens is 410 g/mol. The maximum absolute atomic E-state index is 13.2. The lowest BCUT2D eigenvalue weighted by Gasteiger charge is -2.30. The molecule has 0 aliphatic carbocycles. The van der Waals surface area contributed by atoms with Crippen molar-refractivity contribution in [3.05, 3.63) is 11.6 Å². The van der Waals surface area contributed by atoms with Crippen LogP contribution in [0.15, 0.2) is 11.6 Å². The van der Waals surface area contributed by atoms with E-state index in [1.165, 1.54) is 0 Å². The highest BCUT2D eigenvalue weighted by Crippen LogP contribution is 2.21. The molecule has 1 unspecified atom stereocenters. The number of hydrogen-bond acceptors (Lipinski definition) is 5. The lowest BCUT2D eigenvalue weighted by Crippen LogP contribution is -2.48. The summed E-state index contributed by atoms with van der Waals surface area (Å²) in [5, 5.41) is 5.35.